The number of aliphatic hydroxyl groups is 1. The lowest BCUT2D eigenvalue weighted by Crippen LogP contribution is -2.27. The van der Waals surface area contributed by atoms with Crippen molar-refractivity contribution in [2.45, 2.75) is 18.8 Å². The molecule has 1 aromatic carbocycles. The van der Waals surface area contributed by atoms with Gasteiger partial charge in [-0.15, -0.1) is 0 Å². The average Bonchev–Trinajstić information content (AvgIpc) is 2.84. The molecule has 2 N–H and O–H groups in total. The zero-order valence-corrected chi connectivity index (χ0v) is 12.7. The Kier molecular flexibility index (Phi) is 5.11. The van der Waals surface area contributed by atoms with Crippen molar-refractivity contribution in [1.82, 2.24) is 14.3 Å². The van der Waals surface area contributed by atoms with Crippen LogP contribution in [0.1, 0.15) is 17.0 Å². The van der Waals surface area contributed by atoms with E-state index in [-0.39, 0.29) is 12.4 Å². The van der Waals surface area contributed by atoms with Crippen LogP contribution in [0.2, 0.25) is 0 Å². The summed E-state index contributed by atoms with van der Waals surface area (Å²) in [6.45, 7) is 0.216. The Hall–Kier alpha value is -1.70. The molecule has 0 aliphatic rings. The molecule has 0 fully saturated rings. The standard InChI is InChI=1S/C14H19N3O3S/c1-17-8-7-15-14(17)5-6-16-21(19,20)11-13-4-2-3-12(9-13)10-18/h2-4,7-9,16,18H,5-6,10-11H2,1H3. The Morgan fingerprint density at radius 1 is 1.33 bits per heavy atom. The quantitative estimate of drug-likeness (QED) is 0.783. The number of aryl methyl sites for hydroxylation is 1. The molecule has 0 aliphatic heterocycles. The number of nitrogens with one attached hydrogen (secondary N) is 1. The Morgan fingerprint density at radius 2 is 2.10 bits per heavy atom. The van der Waals surface area contributed by atoms with Crippen LogP contribution in [-0.2, 0) is 35.9 Å². The molecule has 0 amide bonds. The number of hydrogen-bond acceptors (Lipinski definition) is 4. The van der Waals surface area contributed by atoms with E-state index in [1.54, 1.807) is 30.5 Å². The molecule has 0 unspecified atom stereocenters. The monoisotopic (exact) mass is 309 g/mol. The lowest BCUT2D eigenvalue weighted by Gasteiger charge is -2.08. The van der Waals surface area contributed by atoms with E-state index in [0.717, 1.165) is 5.82 Å². The molecule has 114 valence electrons. The molecule has 0 radical (unpaired) electrons. The summed E-state index contributed by atoms with van der Waals surface area (Å²) in [6.07, 6.45) is 4.05. The van der Waals surface area contributed by atoms with Gasteiger partial charge in [0.1, 0.15) is 5.82 Å². The van der Waals surface area contributed by atoms with Gasteiger partial charge in [0, 0.05) is 32.4 Å². The third-order valence-corrected chi connectivity index (χ3v) is 4.48. The van der Waals surface area contributed by atoms with Gasteiger partial charge in [0.25, 0.3) is 0 Å². The van der Waals surface area contributed by atoms with Gasteiger partial charge < -0.3 is 9.67 Å². The van der Waals surface area contributed by atoms with Crippen LogP contribution in [0.15, 0.2) is 36.7 Å². The maximum absolute atomic E-state index is 12.0. The van der Waals surface area contributed by atoms with Gasteiger partial charge in [-0.05, 0) is 11.1 Å². The van der Waals surface area contributed by atoms with Crippen LogP contribution >= 0.6 is 0 Å². The first-order valence-electron chi connectivity index (χ1n) is 6.62. The van der Waals surface area contributed by atoms with Crippen molar-refractivity contribution in [1.29, 1.82) is 0 Å². The second-order valence-electron chi connectivity index (χ2n) is 4.84. The first-order valence-corrected chi connectivity index (χ1v) is 8.27. The fraction of sp³-hybridized carbons (Fsp3) is 0.357. The molecule has 21 heavy (non-hydrogen) atoms. The van der Waals surface area contributed by atoms with E-state index < -0.39 is 10.0 Å². The second kappa shape index (κ2) is 6.84. The summed E-state index contributed by atoms with van der Waals surface area (Å²) < 4.78 is 28.5. The van der Waals surface area contributed by atoms with Gasteiger partial charge in [0.05, 0.1) is 12.4 Å². The van der Waals surface area contributed by atoms with E-state index in [2.05, 4.69) is 9.71 Å². The lowest BCUT2D eigenvalue weighted by atomic mass is 10.1. The summed E-state index contributed by atoms with van der Waals surface area (Å²) in [5.41, 5.74) is 1.36. The van der Waals surface area contributed by atoms with Crippen molar-refractivity contribution in [3.63, 3.8) is 0 Å². The summed E-state index contributed by atoms with van der Waals surface area (Å²) in [5, 5.41) is 9.06. The maximum atomic E-state index is 12.0. The zero-order valence-electron chi connectivity index (χ0n) is 11.9. The van der Waals surface area contributed by atoms with Crippen LogP contribution in [-0.4, -0.2) is 29.6 Å². The van der Waals surface area contributed by atoms with E-state index in [9.17, 15) is 8.42 Å². The van der Waals surface area contributed by atoms with Gasteiger partial charge in [-0.25, -0.2) is 18.1 Å². The van der Waals surface area contributed by atoms with Crippen LogP contribution < -0.4 is 4.72 Å². The summed E-state index contributed by atoms with van der Waals surface area (Å²) in [6, 6.07) is 6.92. The Morgan fingerprint density at radius 3 is 2.76 bits per heavy atom. The van der Waals surface area contributed by atoms with Crippen LogP contribution in [0.5, 0.6) is 0 Å². The Labute approximate surface area is 124 Å². The normalized spacial score (nSPS) is 11.7. The summed E-state index contributed by atoms with van der Waals surface area (Å²) in [4.78, 5) is 4.14. The number of nitrogens with zero attached hydrogens (tertiary/aromatic N) is 2. The number of imidazole rings is 1. The van der Waals surface area contributed by atoms with Crippen molar-refractivity contribution in [3.05, 3.63) is 53.6 Å². The summed E-state index contributed by atoms with van der Waals surface area (Å²) in [7, 11) is -1.52. The van der Waals surface area contributed by atoms with Crippen molar-refractivity contribution in [3.8, 4) is 0 Å². The highest BCUT2D eigenvalue weighted by molar-refractivity contribution is 7.88. The highest BCUT2D eigenvalue weighted by atomic mass is 32.2. The molecule has 2 rings (SSSR count). The zero-order chi connectivity index (χ0) is 15.3. The number of aliphatic hydroxyl groups excluding tert-OH is 1. The molecule has 7 heteroatoms. The highest BCUT2D eigenvalue weighted by Crippen LogP contribution is 2.08. The van der Waals surface area contributed by atoms with Gasteiger partial charge >= 0.3 is 0 Å². The van der Waals surface area contributed by atoms with E-state index in [0.29, 0.717) is 24.1 Å². The molecule has 0 aliphatic carbocycles. The Balaban J connectivity index is 1.91. The largest absolute Gasteiger partial charge is 0.392 e. The third-order valence-electron chi connectivity index (χ3n) is 3.12. The molecule has 2 aromatic rings. The molecule has 0 spiro atoms. The van der Waals surface area contributed by atoms with E-state index in [1.165, 1.54) is 0 Å². The highest BCUT2D eigenvalue weighted by Gasteiger charge is 2.12. The van der Waals surface area contributed by atoms with Crippen LogP contribution in [0, 0.1) is 0 Å². The van der Waals surface area contributed by atoms with Crippen molar-refractivity contribution in [2.75, 3.05) is 6.54 Å². The summed E-state index contributed by atoms with van der Waals surface area (Å²) in [5.74, 6) is 0.737. The minimum absolute atomic E-state index is 0.0958. The number of aromatic nitrogens is 2. The topological polar surface area (TPSA) is 84.2 Å². The van der Waals surface area contributed by atoms with Crippen LogP contribution in [0.25, 0.3) is 0 Å². The number of rotatable bonds is 7. The molecule has 6 nitrogen and oxygen atoms in total. The third kappa shape index (κ3) is 4.66. The minimum Gasteiger partial charge on any atom is -0.392 e. The minimum atomic E-state index is -3.39. The smallest absolute Gasteiger partial charge is 0.215 e. The molecular weight excluding hydrogens is 290 g/mol. The first-order chi connectivity index (χ1) is 10.00. The van der Waals surface area contributed by atoms with Crippen LogP contribution in [0.3, 0.4) is 0 Å². The van der Waals surface area contributed by atoms with E-state index in [4.69, 9.17) is 5.11 Å². The predicted octanol–water partition coefficient (Wildman–Crippen LogP) is 0.574. The van der Waals surface area contributed by atoms with Crippen LogP contribution in [0.4, 0.5) is 0 Å². The van der Waals surface area contributed by atoms with E-state index in [1.807, 2.05) is 17.8 Å². The summed E-state index contributed by atoms with van der Waals surface area (Å²) >= 11 is 0. The molecule has 0 saturated heterocycles. The number of sulfonamides is 1. The molecule has 1 aromatic heterocycles. The van der Waals surface area contributed by atoms with E-state index >= 15 is 0 Å². The average molecular weight is 309 g/mol. The van der Waals surface area contributed by atoms with Gasteiger partial charge in [0.15, 0.2) is 0 Å². The fourth-order valence-electron chi connectivity index (χ4n) is 2.04. The van der Waals surface area contributed by atoms with Crippen molar-refractivity contribution >= 4 is 10.0 Å². The molecule has 0 atom stereocenters. The van der Waals surface area contributed by atoms with Gasteiger partial charge in [0.2, 0.25) is 10.0 Å². The fourth-order valence-corrected chi connectivity index (χ4v) is 3.18. The van der Waals surface area contributed by atoms with Crippen molar-refractivity contribution in [2.24, 2.45) is 7.05 Å². The molecule has 0 saturated carbocycles. The maximum Gasteiger partial charge on any atom is 0.215 e. The molecule has 0 bridgehead atoms. The lowest BCUT2D eigenvalue weighted by molar-refractivity contribution is 0.282. The SMILES string of the molecule is Cn1ccnc1CCNS(=O)(=O)Cc1cccc(CO)c1. The predicted molar refractivity (Wildman–Crippen MR) is 79.9 cm³/mol. The van der Waals surface area contributed by atoms with Gasteiger partial charge in [-0.2, -0.15) is 0 Å². The van der Waals surface area contributed by atoms with Crippen molar-refractivity contribution < 1.29 is 13.5 Å². The Bertz CT molecular complexity index is 695. The number of benzene rings is 1. The van der Waals surface area contributed by atoms with Gasteiger partial charge in [-0.1, -0.05) is 24.3 Å². The number of hydrogen-bond donors (Lipinski definition) is 2. The molecule has 1 heterocycles. The van der Waals surface area contributed by atoms with Gasteiger partial charge in [-0.3, -0.25) is 0 Å². The second-order valence-corrected chi connectivity index (χ2v) is 6.64. The first kappa shape index (κ1) is 15.7. The molecular formula is C14H19N3O3S.